The summed E-state index contributed by atoms with van der Waals surface area (Å²) in [5, 5.41) is 14.1. The van der Waals surface area contributed by atoms with Gasteiger partial charge in [-0.05, 0) is 12.1 Å². The Bertz CT molecular complexity index is 688. The Balaban J connectivity index is 2.00. The summed E-state index contributed by atoms with van der Waals surface area (Å²) in [4.78, 5) is 26.6. The first-order valence-electron chi connectivity index (χ1n) is 5.84. The second-order valence-corrected chi connectivity index (χ2v) is 5.86. The number of amides is 1. The summed E-state index contributed by atoms with van der Waals surface area (Å²) in [6, 6.07) is 4.94. The van der Waals surface area contributed by atoms with Gasteiger partial charge in [-0.2, -0.15) is 0 Å². The van der Waals surface area contributed by atoms with Crippen molar-refractivity contribution in [2.45, 2.75) is 12.8 Å². The molecule has 0 fully saturated rings. The molecule has 8 heteroatoms. The number of hydrogen-bond acceptors (Lipinski definition) is 4. The quantitative estimate of drug-likeness (QED) is 0.872. The van der Waals surface area contributed by atoms with Crippen LogP contribution in [0.5, 0.6) is 0 Å². The Labute approximate surface area is 134 Å². The van der Waals surface area contributed by atoms with Crippen molar-refractivity contribution < 1.29 is 14.7 Å². The van der Waals surface area contributed by atoms with Crippen molar-refractivity contribution in [2.75, 3.05) is 5.32 Å². The number of anilines is 1. The van der Waals surface area contributed by atoms with Gasteiger partial charge < -0.3 is 10.4 Å². The predicted octanol–water partition coefficient (Wildman–Crippen LogP) is 3.26. The van der Waals surface area contributed by atoms with Crippen molar-refractivity contribution in [1.29, 1.82) is 0 Å². The minimum atomic E-state index is -0.956. The van der Waals surface area contributed by atoms with E-state index < -0.39 is 5.97 Å². The second-order valence-electron chi connectivity index (χ2n) is 4.13. The summed E-state index contributed by atoms with van der Waals surface area (Å²) in [6.45, 7) is 0. The standard InChI is InChI=1S/C13H10Cl2N2O3S/c14-8-2-1-3-9(13(8)15)17-10(18)5-11-16-7(6-21-11)4-12(19)20/h1-3,6H,4-5H2,(H,17,18)(H,19,20). The van der Waals surface area contributed by atoms with Crippen molar-refractivity contribution in [3.63, 3.8) is 0 Å². The molecule has 0 radical (unpaired) electrons. The van der Waals surface area contributed by atoms with Crippen LogP contribution in [0.25, 0.3) is 0 Å². The number of carbonyl (C=O) groups excluding carboxylic acids is 1. The largest absolute Gasteiger partial charge is 0.481 e. The van der Waals surface area contributed by atoms with E-state index in [-0.39, 0.29) is 23.8 Å². The fourth-order valence-electron chi connectivity index (χ4n) is 1.60. The van der Waals surface area contributed by atoms with Crippen molar-refractivity contribution in [2.24, 2.45) is 0 Å². The van der Waals surface area contributed by atoms with Gasteiger partial charge in [0.2, 0.25) is 5.91 Å². The maximum absolute atomic E-state index is 11.9. The molecule has 1 aromatic heterocycles. The van der Waals surface area contributed by atoms with Gasteiger partial charge in [0.05, 0.1) is 34.3 Å². The Morgan fingerprint density at radius 3 is 2.76 bits per heavy atom. The summed E-state index contributed by atoms with van der Waals surface area (Å²) in [6.07, 6.45) is -0.106. The lowest BCUT2D eigenvalue weighted by atomic mass is 10.3. The molecular weight excluding hydrogens is 335 g/mol. The van der Waals surface area contributed by atoms with E-state index in [9.17, 15) is 9.59 Å². The molecule has 1 aromatic carbocycles. The van der Waals surface area contributed by atoms with Crippen molar-refractivity contribution in [3.05, 3.63) is 44.3 Å². The van der Waals surface area contributed by atoms with Gasteiger partial charge in [-0.15, -0.1) is 11.3 Å². The van der Waals surface area contributed by atoms with Crippen LogP contribution in [0.1, 0.15) is 10.7 Å². The number of thiazole rings is 1. The zero-order valence-electron chi connectivity index (χ0n) is 10.6. The minimum absolute atomic E-state index is 0.0487. The first-order valence-corrected chi connectivity index (χ1v) is 7.48. The molecule has 0 aliphatic carbocycles. The number of nitrogens with one attached hydrogen (secondary N) is 1. The molecule has 5 nitrogen and oxygen atoms in total. The normalized spacial score (nSPS) is 10.4. The van der Waals surface area contributed by atoms with Gasteiger partial charge in [-0.1, -0.05) is 29.3 Å². The fraction of sp³-hybridized carbons (Fsp3) is 0.154. The Kier molecular flexibility index (Phi) is 5.17. The molecule has 2 rings (SSSR count). The SMILES string of the molecule is O=C(O)Cc1csc(CC(=O)Nc2cccc(Cl)c2Cl)n1. The molecule has 1 heterocycles. The van der Waals surface area contributed by atoms with Crippen LogP contribution in [-0.4, -0.2) is 22.0 Å². The summed E-state index contributed by atoms with van der Waals surface area (Å²) in [7, 11) is 0. The van der Waals surface area contributed by atoms with Crippen LogP contribution in [0.4, 0.5) is 5.69 Å². The van der Waals surface area contributed by atoms with Crippen LogP contribution in [0.2, 0.25) is 10.0 Å². The maximum Gasteiger partial charge on any atom is 0.309 e. The molecule has 0 aliphatic rings. The Morgan fingerprint density at radius 1 is 1.29 bits per heavy atom. The lowest BCUT2D eigenvalue weighted by Crippen LogP contribution is -2.14. The smallest absolute Gasteiger partial charge is 0.309 e. The van der Waals surface area contributed by atoms with Crippen molar-refractivity contribution in [1.82, 2.24) is 4.98 Å². The number of halogens is 2. The van der Waals surface area contributed by atoms with Crippen LogP contribution in [0, 0.1) is 0 Å². The van der Waals surface area contributed by atoms with Gasteiger partial charge >= 0.3 is 5.97 Å². The molecule has 0 spiro atoms. The van der Waals surface area contributed by atoms with E-state index in [0.29, 0.717) is 21.4 Å². The van der Waals surface area contributed by atoms with Gasteiger partial charge in [0.25, 0.3) is 0 Å². The van der Waals surface area contributed by atoms with Gasteiger partial charge in [-0.25, -0.2) is 4.98 Å². The molecule has 0 atom stereocenters. The number of carbonyl (C=O) groups is 2. The highest BCUT2D eigenvalue weighted by molar-refractivity contribution is 7.09. The first-order chi connectivity index (χ1) is 9.95. The summed E-state index contributed by atoms with van der Waals surface area (Å²) in [5.74, 6) is -1.25. The third-order valence-electron chi connectivity index (χ3n) is 2.47. The minimum Gasteiger partial charge on any atom is -0.481 e. The number of rotatable bonds is 5. The zero-order chi connectivity index (χ0) is 15.4. The van der Waals surface area contributed by atoms with E-state index in [1.165, 1.54) is 11.3 Å². The summed E-state index contributed by atoms with van der Waals surface area (Å²) < 4.78 is 0. The first kappa shape index (κ1) is 15.8. The average molecular weight is 345 g/mol. The highest BCUT2D eigenvalue weighted by Gasteiger charge is 2.12. The van der Waals surface area contributed by atoms with E-state index in [1.54, 1.807) is 23.6 Å². The van der Waals surface area contributed by atoms with Gasteiger partial charge in [-0.3, -0.25) is 9.59 Å². The average Bonchev–Trinajstić information content (AvgIpc) is 2.81. The van der Waals surface area contributed by atoms with Crippen molar-refractivity contribution >= 4 is 52.1 Å². The van der Waals surface area contributed by atoms with Gasteiger partial charge in [0, 0.05) is 5.38 Å². The molecule has 2 aromatic rings. The molecule has 0 aliphatic heterocycles. The highest BCUT2D eigenvalue weighted by atomic mass is 35.5. The summed E-state index contributed by atoms with van der Waals surface area (Å²) in [5.41, 5.74) is 0.868. The molecule has 2 N–H and O–H groups in total. The monoisotopic (exact) mass is 344 g/mol. The van der Waals surface area contributed by atoms with Gasteiger partial charge in [0.15, 0.2) is 0 Å². The molecule has 0 saturated carbocycles. The Hall–Kier alpha value is -1.63. The topological polar surface area (TPSA) is 79.3 Å². The number of carboxylic acids is 1. The third-order valence-corrected chi connectivity index (χ3v) is 4.19. The molecule has 110 valence electrons. The molecule has 21 heavy (non-hydrogen) atoms. The highest BCUT2D eigenvalue weighted by Crippen LogP contribution is 2.29. The van der Waals surface area contributed by atoms with E-state index in [2.05, 4.69) is 10.3 Å². The van der Waals surface area contributed by atoms with Crippen molar-refractivity contribution in [3.8, 4) is 0 Å². The number of hydrogen-bond donors (Lipinski definition) is 2. The van der Waals surface area contributed by atoms with E-state index >= 15 is 0 Å². The zero-order valence-corrected chi connectivity index (χ0v) is 12.9. The molecule has 0 bridgehead atoms. The molecule has 0 unspecified atom stereocenters. The lowest BCUT2D eigenvalue weighted by molar-refractivity contribution is -0.136. The fourth-order valence-corrected chi connectivity index (χ4v) is 2.74. The molecular formula is C13H10Cl2N2O3S. The third kappa shape index (κ3) is 4.42. The van der Waals surface area contributed by atoms with E-state index in [4.69, 9.17) is 28.3 Å². The van der Waals surface area contributed by atoms with E-state index in [1.807, 2.05) is 0 Å². The summed E-state index contributed by atoms with van der Waals surface area (Å²) >= 11 is 13.1. The van der Waals surface area contributed by atoms with E-state index in [0.717, 1.165) is 0 Å². The van der Waals surface area contributed by atoms with Crippen LogP contribution in [0.15, 0.2) is 23.6 Å². The maximum atomic E-state index is 11.9. The number of nitrogens with zero attached hydrogens (tertiary/aromatic N) is 1. The number of carboxylic acid groups (broad SMARTS) is 1. The lowest BCUT2D eigenvalue weighted by Gasteiger charge is -2.07. The Morgan fingerprint density at radius 2 is 2.05 bits per heavy atom. The number of aromatic nitrogens is 1. The van der Waals surface area contributed by atoms with Crippen LogP contribution >= 0.6 is 34.5 Å². The number of benzene rings is 1. The van der Waals surface area contributed by atoms with Gasteiger partial charge in [0.1, 0.15) is 5.01 Å². The van der Waals surface area contributed by atoms with Crippen LogP contribution in [-0.2, 0) is 22.4 Å². The molecule has 1 amide bonds. The molecule has 0 saturated heterocycles. The van der Waals surface area contributed by atoms with Crippen LogP contribution in [0.3, 0.4) is 0 Å². The second kappa shape index (κ2) is 6.89. The predicted molar refractivity (Wildman–Crippen MR) is 82.2 cm³/mol. The van der Waals surface area contributed by atoms with Crippen LogP contribution < -0.4 is 5.32 Å². The number of aliphatic carboxylic acids is 1.